The number of carbonyl (C=O) groups excluding carboxylic acids is 1. The molecule has 0 bridgehead atoms. The molecular formula is C14H17NO6. The van der Waals surface area contributed by atoms with Gasteiger partial charge in [-0.1, -0.05) is 6.92 Å². The number of carbonyl (C=O) groups is 1. The molecule has 0 atom stereocenters. The Labute approximate surface area is 122 Å². The number of esters is 1. The van der Waals surface area contributed by atoms with E-state index in [-0.39, 0.29) is 17.9 Å². The van der Waals surface area contributed by atoms with Crippen LogP contribution in [0.5, 0.6) is 5.75 Å². The number of hydrogen-bond donors (Lipinski definition) is 0. The van der Waals surface area contributed by atoms with Crippen LogP contribution in [0.4, 0.5) is 5.69 Å². The van der Waals surface area contributed by atoms with E-state index in [2.05, 4.69) is 0 Å². The van der Waals surface area contributed by atoms with Gasteiger partial charge in [-0.25, -0.2) is 0 Å². The summed E-state index contributed by atoms with van der Waals surface area (Å²) in [5.41, 5.74) is 0.270. The Morgan fingerprint density at radius 1 is 1.43 bits per heavy atom. The van der Waals surface area contributed by atoms with E-state index in [9.17, 15) is 14.9 Å². The standard InChI is InChI=1S/C14H17NO6/c1-2-4-13(16)21-12-6-5-10(9-11(12)15(17)18)14-19-7-3-8-20-14/h5-6,9,14H,2-4,7-8H2,1H3. The van der Waals surface area contributed by atoms with Crippen LogP contribution in [0.3, 0.4) is 0 Å². The quantitative estimate of drug-likeness (QED) is 0.359. The Bertz CT molecular complexity index is 524. The Morgan fingerprint density at radius 3 is 2.76 bits per heavy atom. The number of nitrogens with zero attached hydrogens (tertiary/aromatic N) is 1. The minimum Gasteiger partial charge on any atom is -0.419 e. The van der Waals surface area contributed by atoms with E-state index in [1.54, 1.807) is 6.07 Å². The number of ether oxygens (including phenoxy) is 3. The average Bonchev–Trinajstić information content (AvgIpc) is 2.48. The van der Waals surface area contributed by atoms with Gasteiger partial charge in [0.2, 0.25) is 5.75 Å². The molecule has 21 heavy (non-hydrogen) atoms. The molecule has 1 aromatic rings. The minimum absolute atomic E-state index is 0.0574. The Balaban J connectivity index is 2.22. The van der Waals surface area contributed by atoms with Crippen molar-refractivity contribution in [3.63, 3.8) is 0 Å². The van der Waals surface area contributed by atoms with E-state index in [4.69, 9.17) is 14.2 Å². The molecule has 0 N–H and O–H groups in total. The molecule has 0 radical (unpaired) electrons. The molecule has 0 saturated carbocycles. The second kappa shape index (κ2) is 7.14. The molecule has 0 aliphatic carbocycles. The molecule has 7 heteroatoms. The van der Waals surface area contributed by atoms with Crippen LogP contribution in [0.1, 0.15) is 38.0 Å². The molecule has 0 amide bonds. The molecule has 114 valence electrons. The summed E-state index contributed by atoms with van der Waals surface area (Å²) < 4.78 is 15.8. The molecule has 7 nitrogen and oxygen atoms in total. The van der Waals surface area contributed by atoms with E-state index in [0.29, 0.717) is 25.2 Å². The lowest BCUT2D eigenvalue weighted by molar-refractivity contribution is -0.385. The highest BCUT2D eigenvalue weighted by Crippen LogP contribution is 2.33. The van der Waals surface area contributed by atoms with Gasteiger partial charge in [-0.15, -0.1) is 0 Å². The number of rotatable bonds is 5. The maximum atomic E-state index is 11.5. The second-order valence-electron chi connectivity index (χ2n) is 4.64. The first kappa shape index (κ1) is 15.4. The Hall–Kier alpha value is -1.99. The van der Waals surface area contributed by atoms with Crippen molar-refractivity contribution in [3.8, 4) is 5.75 Å². The summed E-state index contributed by atoms with van der Waals surface area (Å²) >= 11 is 0. The first-order chi connectivity index (χ1) is 10.1. The molecule has 1 aromatic carbocycles. The highest BCUT2D eigenvalue weighted by molar-refractivity contribution is 5.73. The number of benzene rings is 1. The summed E-state index contributed by atoms with van der Waals surface area (Å²) in [5.74, 6) is -0.545. The molecule has 1 aliphatic rings. The van der Waals surface area contributed by atoms with Gasteiger partial charge in [0.15, 0.2) is 6.29 Å². The normalized spacial score (nSPS) is 15.7. The van der Waals surface area contributed by atoms with Crippen LogP contribution in [-0.2, 0) is 14.3 Å². The summed E-state index contributed by atoms with van der Waals surface area (Å²) in [4.78, 5) is 22.0. The fourth-order valence-corrected chi connectivity index (χ4v) is 1.97. The molecule has 1 fully saturated rings. The zero-order valence-electron chi connectivity index (χ0n) is 11.7. The first-order valence-corrected chi connectivity index (χ1v) is 6.84. The monoisotopic (exact) mass is 295 g/mol. The predicted octanol–water partition coefficient (Wildman–Crippen LogP) is 2.74. The molecule has 0 spiro atoms. The third-order valence-electron chi connectivity index (χ3n) is 2.96. The third kappa shape index (κ3) is 3.99. The van der Waals surface area contributed by atoms with E-state index in [0.717, 1.165) is 6.42 Å². The molecule has 0 aromatic heterocycles. The van der Waals surface area contributed by atoms with Crippen molar-refractivity contribution in [1.82, 2.24) is 0 Å². The summed E-state index contributed by atoms with van der Waals surface area (Å²) in [6, 6.07) is 4.34. The fourth-order valence-electron chi connectivity index (χ4n) is 1.97. The largest absolute Gasteiger partial charge is 0.419 e. The maximum Gasteiger partial charge on any atom is 0.312 e. The molecule has 1 aliphatic heterocycles. The van der Waals surface area contributed by atoms with Gasteiger partial charge in [0, 0.05) is 18.1 Å². The van der Waals surface area contributed by atoms with E-state index < -0.39 is 17.2 Å². The van der Waals surface area contributed by atoms with Crippen LogP contribution in [0.25, 0.3) is 0 Å². The van der Waals surface area contributed by atoms with Crippen molar-refractivity contribution >= 4 is 11.7 Å². The molecule has 1 heterocycles. The zero-order valence-corrected chi connectivity index (χ0v) is 11.7. The van der Waals surface area contributed by atoms with E-state index in [1.165, 1.54) is 12.1 Å². The lowest BCUT2D eigenvalue weighted by atomic mass is 10.1. The minimum atomic E-state index is -0.613. The first-order valence-electron chi connectivity index (χ1n) is 6.84. The maximum absolute atomic E-state index is 11.5. The number of hydrogen-bond acceptors (Lipinski definition) is 6. The summed E-state index contributed by atoms with van der Waals surface area (Å²) in [6.45, 7) is 2.92. The predicted molar refractivity (Wildman–Crippen MR) is 72.9 cm³/mol. The SMILES string of the molecule is CCCC(=O)Oc1ccc(C2OCCCO2)cc1[N+](=O)[O-]. The zero-order chi connectivity index (χ0) is 15.2. The molecular weight excluding hydrogens is 278 g/mol. The molecule has 0 unspecified atom stereocenters. The van der Waals surface area contributed by atoms with Crippen molar-refractivity contribution in [2.24, 2.45) is 0 Å². The Morgan fingerprint density at radius 2 is 2.14 bits per heavy atom. The summed E-state index contributed by atoms with van der Waals surface area (Å²) in [5, 5.41) is 11.1. The van der Waals surface area contributed by atoms with E-state index in [1.807, 2.05) is 6.92 Å². The highest BCUT2D eigenvalue weighted by Gasteiger charge is 2.23. The number of nitro benzene ring substituents is 1. The topological polar surface area (TPSA) is 87.9 Å². The summed E-state index contributed by atoms with van der Waals surface area (Å²) in [7, 11) is 0. The second-order valence-corrected chi connectivity index (χ2v) is 4.64. The molecule has 2 rings (SSSR count). The van der Waals surface area contributed by atoms with Crippen molar-refractivity contribution in [2.45, 2.75) is 32.5 Å². The fraction of sp³-hybridized carbons (Fsp3) is 0.500. The Kier molecular flexibility index (Phi) is 5.24. The van der Waals surface area contributed by atoms with Crippen LogP contribution in [-0.4, -0.2) is 24.1 Å². The third-order valence-corrected chi connectivity index (χ3v) is 2.96. The van der Waals surface area contributed by atoms with Gasteiger partial charge in [-0.2, -0.15) is 0 Å². The van der Waals surface area contributed by atoms with Crippen LogP contribution < -0.4 is 4.74 Å². The van der Waals surface area contributed by atoms with Crippen molar-refractivity contribution in [3.05, 3.63) is 33.9 Å². The number of nitro groups is 1. The summed E-state index contributed by atoms with van der Waals surface area (Å²) in [6.07, 6.45) is 1.02. The van der Waals surface area contributed by atoms with Gasteiger partial charge >= 0.3 is 11.7 Å². The van der Waals surface area contributed by atoms with Gasteiger partial charge in [-0.3, -0.25) is 14.9 Å². The van der Waals surface area contributed by atoms with Crippen LogP contribution in [0, 0.1) is 10.1 Å². The van der Waals surface area contributed by atoms with Gasteiger partial charge < -0.3 is 14.2 Å². The van der Waals surface area contributed by atoms with Crippen molar-refractivity contribution in [1.29, 1.82) is 0 Å². The smallest absolute Gasteiger partial charge is 0.312 e. The lowest BCUT2D eigenvalue weighted by Gasteiger charge is -2.23. The van der Waals surface area contributed by atoms with Gasteiger partial charge in [0.05, 0.1) is 18.1 Å². The van der Waals surface area contributed by atoms with Crippen LogP contribution >= 0.6 is 0 Å². The van der Waals surface area contributed by atoms with Gasteiger partial charge in [-0.05, 0) is 25.0 Å². The van der Waals surface area contributed by atoms with Gasteiger partial charge in [0.1, 0.15) is 0 Å². The van der Waals surface area contributed by atoms with Gasteiger partial charge in [0.25, 0.3) is 0 Å². The van der Waals surface area contributed by atoms with Crippen molar-refractivity contribution < 1.29 is 23.9 Å². The lowest BCUT2D eigenvalue weighted by Crippen LogP contribution is -2.18. The average molecular weight is 295 g/mol. The highest BCUT2D eigenvalue weighted by atomic mass is 16.7. The molecule has 1 saturated heterocycles. The van der Waals surface area contributed by atoms with E-state index >= 15 is 0 Å². The van der Waals surface area contributed by atoms with Crippen LogP contribution in [0.2, 0.25) is 0 Å². The van der Waals surface area contributed by atoms with Crippen LogP contribution in [0.15, 0.2) is 18.2 Å². The van der Waals surface area contributed by atoms with Crippen molar-refractivity contribution in [2.75, 3.05) is 13.2 Å².